The molecule has 0 unspecified atom stereocenters. The first-order valence-electron chi connectivity index (χ1n) is 7.22. The first-order chi connectivity index (χ1) is 11.1. The number of nitrogens with one attached hydrogen (secondary N) is 1. The van der Waals surface area contributed by atoms with Gasteiger partial charge in [-0.3, -0.25) is 4.79 Å². The van der Waals surface area contributed by atoms with Crippen LogP contribution in [0.5, 0.6) is 0 Å². The molecule has 1 heterocycles. The van der Waals surface area contributed by atoms with Gasteiger partial charge in [0.05, 0.1) is 0 Å². The lowest BCUT2D eigenvalue weighted by Gasteiger charge is -2.08. The summed E-state index contributed by atoms with van der Waals surface area (Å²) in [5, 5.41) is 3.46. The van der Waals surface area contributed by atoms with E-state index in [0.717, 1.165) is 16.7 Å². The van der Waals surface area contributed by atoms with Crippen LogP contribution in [0.1, 0.15) is 15.9 Å². The van der Waals surface area contributed by atoms with Gasteiger partial charge in [0, 0.05) is 27.9 Å². The van der Waals surface area contributed by atoms with Crippen LogP contribution in [-0.4, -0.2) is 10.9 Å². The van der Waals surface area contributed by atoms with E-state index in [0.29, 0.717) is 16.4 Å². The Bertz CT molecular complexity index is 830. The molecule has 0 radical (unpaired) electrons. The maximum absolute atomic E-state index is 12.1. The molecule has 1 aromatic heterocycles. The summed E-state index contributed by atoms with van der Waals surface area (Å²) in [4.78, 5) is 16.4. The number of pyridine rings is 1. The minimum atomic E-state index is -0.181. The van der Waals surface area contributed by atoms with E-state index in [9.17, 15) is 4.79 Å². The second-order valence-electron chi connectivity index (χ2n) is 5.24. The van der Waals surface area contributed by atoms with Gasteiger partial charge in [0.1, 0.15) is 5.82 Å². The minimum Gasteiger partial charge on any atom is -0.307 e. The van der Waals surface area contributed by atoms with Crippen molar-refractivity contribution in [3.05, 3.63) is 83.0 Å². The van der Waals surface area contributed by atoms with Crippen molar-refractivity contribution in [1.82, 2.24) is 4.98 Å². The van der Waals surface area contributed by atoms with Crippen molar-refractivity contribution in [3.8, 4) is 11.1 Å². The average Bonchev–Trinajstić information content (AvgIpc) is 2.58. The summed E-state index contributed by atoms with van der Waals surface area (Å²) in [7, 11) is 0. The number of hydrogen-bond acceptors (Lipinski definition) is 2. The summed E-state index contributed by atoms with van der Waals surface area (Å²) >= 11 is 6.24. The van der Waals surface area contributed by atoms with E-state index in [-0.39, 0.29) is 5.91 Å². The molecule has 0 saturated carbocycles. The van der Waals surface area contributed by atoms with Gasteiger partial charge in [-0.25, -0.2) is 4.98 Å². The highest BCUT2D eigenvalue weighted by molar-refractivity contribution is 6.33. The third-order valence-corrected chi connectivity index (χ3v) is 3.80. The molecule has 2 aromatic carbocycles. The zero-order chi connectivity index (χ0) is 16.2. The molecule has 3 nitrogen and oxygen atoms in total. The molecular weight excluding hydrogens is 308 g/mol. The van der Waals surface area contributed by atoms with Crippen molar-refractivity contribution in [2.75, 3.05) is 5.32 Å². The molecule has 23 heavy (non-hydrogen) atoms. The van der Waals surface area contributed by atoms with Crippen LogP contribution in [0, 0.1) is 6.92 Å². The summed E-state index contributed by atoms with van der Waals surface area (Å²) in [5.41, 5.74) is 3.57. The summed E-state index contributed by atoms with van der Waals surface area (Å²) in [6.45, 7) is 2.02. The first kappa shape index (κ1) is 15.3. The van der Waals surface area contributed by atoms with Crippen molar-refractivity contribution >= 4 is 23.3 Å². The summed E-state index contributed by atoms with van der Waals surface area (Å²) < 4.78 is 0. The van der Waals surface area contributed by atoms with E-state index in [2.05, 4.69) is 10.3 Å². The van der Waals surface area contributed by atoms with Gasteiger partial charge in [-0.15, -0.1) is 0 Å². The van der Waals surface area contributed by atoms with Gasteiger partial charge in [-0.1, -0.05) is 41.4 Å². The van der Waals surface area contributed by atoms with Gasteiger partial charge in [-0.05, 0) is 43.3 Å². The van der Waals surface area contributed by atoms with Crippen molar-refractivity contribution < 1.29 is 4.79 Å². The lowest BCUT2D eigenvalue weighted by molar-refractivity contribution is 0.102. The second kappa shape index (κ2) is 6.63. The van der Waals surface area contributed by atoms with Gasteiger partial charge in [-0.2, -0.15) is 0 Å². The number of hydrogen-bond donors (Lipinski definition) is 1. The maximum Gasteiger partial charge on any atom is 0.256 e. The van der Waals surface area contributed by atoms with Crippen molar-refractivity contribution in [1.29, 1.82) is 0 Å². The molecule has 0 aliphatic rings. The Morgan fingerprint density at radius 2 is 1.83 bits per heavy atom. The van der Waals surface area contributed by atoms with E-state index < -0.39 is 0 Å². The lowest BCUT2D eigenvalue weighted by Crippen LogP contribution is -2.12. The molecule has 1 N–H and O–H groups in total. The van der Waals surface area contributed by atoms with E-state index in [1.807, 2.05) is 49.4 Å². The van der Waals surface area contributed by atoms with Crippen LogP contribution in [0.3, 0.4) is 0 Å². The second-order valence-corrected chi connectivity index (χ2v) is 5.64. The number of carbonyl (C=O) groups is 1. The summed E-state index contributed by atoms with van der Waals surface area (Å²) in [6, 6.07) is 18.6. The maximum atomic E-state index is 12.1. The fourth-order valence-electron chi connectivity index (χ4n) is 2.27. The van der Waals surface area contributed by atoms with Crippen LogP contribution < -0.4 is 5.32 Å². The van der Waals surface area contributed by atoms with E-state index in [1.54, 1.807) is 24.4 Å². The number of rotatable bonds is 3. The smallest absolute Gasteiger partial charge is 0.256 e. The molecule has 0 bridgehead atoms. The number of amides is 1. The molecule has 0 aliphatic carbocycles. The van der Waals surface area contributed by atoms with E-state index in [4.69, 9.17) is 11.6 Å². The summed E-state index contributed by atoms with van der Waals surface area (Å²) in [5.74, 6) is 0.325. The number of aromatic nitrogens is 1. The normalized spacial score (nSPS) is 10.3. The highest BCUT2D eigenvalue weighted by Gasteiger charge is 2.08. The van der Waals surface area contributed by atoms with Crippen LogP contribution in [0.4, 0.5) is 5.82 Å². The largest absolute Gasteiger partial charge is 0.307 e. The Morgan fingerprint density at radius 3 is 2.52 bits per heavy atom. The number of carbonyl (C=O) groups excluding carboxylic acids is 1. The molecule has 0 fully saturated rings. The predicted octanol–water partition coefficient (Wildman–Crippen LogP) is 4.96. The Labute approximate surface area is 140 Å². The van der Waals surface area contributed by atoms with Gasteiger partial charge < -0.3 is 5.32 Å². The third kappa shape index (κ3) is 3.58. The topological polar surface area (TPSA) is 42.0 Å². The number of nitrogens with zero attached hydrogens (tertiary/aromatic N) is 1. The monoisotopic (exact) mass is 322 g/mol. The third-order valence-electron chi connectivity index (χ3n) is 3.47. The standard InChI is InChI=1S/C19H15ClN2O/c1-13-7-9-17(20)16(11-13)15-8-10-18(21-12-15)22-19(23)14-5-3-2-4-6-14/h2-12H,1H3,(H,21,22,23). The predicted molar refractivity (Wildman–Crippen MR) is 93.8 cm³/mol. The average molecular weight is 323 g/mol. The van der Waals surface area contributed by atoms with E-state index in [1.165, 1.54) is 0 Å². The minimum absolute atomic E-state index is 0.181. The van der Waals surface area contributed by atoms with E-state index >= 15 is 0 Å². The highest BCUT2D eigenvalue weighted by atomic mass is 35.5. The Hall–Kier alpha value is -2.65. The van der Waals surface area contributed by atoms with Crippen LogP contribution >= 0.6 is 11.6 Å². The number of halogens is 1. The Balaban J connectivity index is 1.80. The molecule has 0 atom stereocenters. The molecule has 3 aromatic rings. The van der Waals surface area contributed by atoms with Crippen LogP contribution in [0.25, 0.3) is 11.1 Å². The first-order valence-corrected chi connectivity index (χ1v) is 7.60. The van der Waals surface area contributed by atoms with Crippen LogP contribution in [-0.2, 0) is 0 Å². The molecule has 0 spiro atoms. The molecule has 1 amide bonds. The Morgan fingerprint density at radius 1 is 1.04 bits per heavy atom. The SMILES string of the molecule is Cc1ccc(Cl)c(-c2ccc(NC(=O)c3ccccc3)nc2)c1. The van der Waals surface area contributed by atoms with Crippen LogP contribution in [0.15, 0.2) is 66.9 Å². The fraction of sp³-hybridized carbons (Fsp3) is 0.0526. The van der Waals surface area contributed by atoms with Gasteiger partial charge in [0.2, 0.25) is 0 Å². The zero-order valence-electron chi connectivity index (χ0n) is 12.6. The number of anilines is 1. The molecule has 0 saturated heterocycles. The van der Waals surface area contributed by atoms with Crippen molar-refractivity contribution in [3.63, 3.8) is 0 Å². The lowest BCUT2D eigenvalue weighted by atomic mass is 10.1. The zero-order valence-corrected chi connectivity index (χ0v) is 13.3. The number of aryl methyl sites for hydroxylation is 1. The quantitative estimate of drug-likeness (QED) is 0.740. The van der Waals surface area contributed by atoms with Gasteiger partial charge in [0.25, 0.3) is 5.91 Å². The fourth-order valence-corrected chi connectivity index (χ4v) is 2.49. The molecular formula is C19H15ClN2O. The van der Waals surface area contributed by atoms with Gasteiger partial charge >= 0.3 is 0 Å². The molecule has 114 valence electrons. The van der Waals surface area contributed by atoms with Crippen LogP contribution in [0.2, 0.25) is 5.02 Å². The van der Waals surface area contributed by atoms with Crippen molar-refractivity contribution in [2.24, 2.45) is 0 Å². The highest BCUT2D eigenvalue weighted by Crippen LogP contribution is 2.28. The van der Waals surface area contributed by atoms with Crippen molar-refractivity contribution in [2.45, 2.75) is 6.92 Å². The van der Waals surface area contributed by atoms with Gasteiger partial charge in [0.15, 0.2) is 0 Å². The summed E-state index contributed by atoms with van der Waals surface area (Å²) in [6.07, 6.45) is 1.71. The molecule has 4 heteroatoms. The Kier molecular flexibility index (Phi) is 4.40. The molecule has 0 aliphatic heterocycles. The molecule has 3 rings (SSSR count). The number of benzene rings is 2.